The molecule has 0 bridgehead atoms. The monoisotopic (exact) mass is 488 g/mol. The molecule has 1 aliphatic rings. The SMILES string of the molecule is Cc1cc2c(CN)c(CN3CCC(Nc4ncnc5sc(CC(F)(F)F)cc45)CC3)ccc2[nH]1. The van der Waals surface area contributed by atoms with Crippen molar-refractivity contribution in [3.63, 3.8) is 0 Å². The largest absolute Gasteiger partial charge is 0.393 e. The minimum atomic E-state index is -4.23. The van der Waals surface area contributed by atoms with E-state index in [0.29, 0.717) is 22.6 Å². The third kappa shape index (κ3) is 4.89. The third-order valence-corrected chi connectivity index (χ3v) is 7.47. The molecule has 1 saturated heterocycles. The molecule has 34 heavy (non-hydrogen) atoms. The summed E-state index contributed by atoms with van der Waals surface area (Å²) in [6.45, 7) is 5.24. The van der Waals surface area contributed by atoms with Gasteiger partial charge in [-0.15, -0.1) is 11.3 Å². The third-order valence-electron chi connectivity index (χ3n) is 6.43. The number of aromatic amines is 1. The second-order valence-electron chi connectivity index (χ2n) is 8.96. The highest BCUT2D eigenvalue weighted by atomic mass is 32.1. The van der Waals surface area contributed by atoms with E-state index in [0.717, 1.165) is 55.0 Å². The van der Waals surface area contributed by atoms with Gasteiger partial charge in [0.2, 0.25) is 0 Å². The summed E-state index contributed by atoms with van der Waals surface area (Å²) in [7, 11) is 0. The first kappa shape index (κ1) is 23.1. The molecular weight excluding hydrogens is 461 g/mol. The number of fused-ring (bicyclic) bond motifs is 2. The minimum absolute atomic E-state index is 0.212. The molecule has 0 spiro atoms. The molecule has 0 unspecified atom stereocenters. The van der Waals surface area contributed by atoms with Crippen LogP contribution in [-0.2, 0) is 19.5 Å². The number of nitrogens with one attached hydrogen (secondary N) is 2. The molecule has 5 rings (SSSR count). The van der Waals surface area contributed by atoms with Crippen molar-refractivity contribution in [3.8, 4) is 0 Å². The van der Waals surface area contributed by atoms with Crippen LogP contribution in [-0.4, -0.2) is 45.2 Å². The lowest BCUT2D eigenvalue weighted by molar-refractivity contribution is -0.126. The molecule has 10 heteroatoms. The van der Waals surface area contributed by atoms with E-state index in [1.165, 1.54) is 22.8 Å². The minimum Gasteiger partial charge on any atom is -0.367 e. The van der Waals surface area contributed by atoms with Crippen LogP contribution in [0.15, 0.2) is 30.6 Å². The Bertz CT molecular complexity index is 1300. The number of anilines is 1. The normalized spacial score (nSPS) is 16.0. The number of nitrogens with zero attached hydrogens (tertiary/aromatic N) is 3. The highest BCUT2D eigenvalue weighted by molar-refractivity contribution is 7.18. The van der Waals surface area contributed by atoms with Crippen molar-refractivity contribution in [1.82, 2.24) is 19.9 Å². The van der Waals surface area contributed by atoms with E-state index in [9.17, 15) is 13.2 Å². The van der Waals surface area contributed by atoms with E-state index in [2.05, 4.69) is 50.3 Å². The van der Waals surface area contributed by atoms with Gasteiger partial charge in [0.25, 0.3) is 0 Å². The Morgan fingerprint density at radius 3 is 2.71 bits per heavy atom. The smallest absolute Gasteiger partial charge is 0.367 e. The van der Waals surface area contributed by atoms with Gasteiger partial charge in [0.15, 0.2) is 0 Å². The summed E-state index contributed by atoms with van der Waals surface area (Å²) < 4.78 is 38.4. The number of hydrogen-bond acceptors (Lipinski definition) is 6. The Morgan fingerprint density at radius 2 is 1.97 bits per heavy atom. The van der Waals surface area contributed by atoms with Crippen LogP contribution in [0.1, 0.15) is 34.5 Å². The van der Waals surface area contributed by atoms with E-state index < -0.39 is 12.6 Å². The standard InChI is InChI=1S/C24H27F3N6S/c1-14-8-18-20(11-28)15(2-3-21(18)31-14)12-33-6-4-16(5-7-33)32-22-19-9-17(10-24(25,26)27)34-23(19)30-13-29-22/h2-3,8-9,13,16,31H,4-7,10-12,28H2,1H3,(H,29,30,32). The average Bonchev–Trinajstić information content (AvgIpc) is 3.36. The molecule has 1 fully saturated rings. The predicted molar refractivity (Wildman–Crippen MR) is 130 cm³/mol. The number of rotatable bonds is 6. The summed E-state index contributed by atoms with van der Waals surface area (Å²) in [5, 5.41) is 5.32. The quantitative estimate of drug-likeness (QED) is 0.351. The molecule has 180 valence electrons. The van der Waals surface area contributed by atoms with E-state index in [4.69, 9.17) is 5.73 Å². The van der Waals surface area contributed by atoms with Crippen molar-refractivity contribution < 1.29 is 13.2 Å². The van der Waals surface area contributed by atoms with Crippen molar-refractivity contribution in [2.24, 2.45) is 5.73 Å². The van der Waals surface area contributed by atoms with Gasteiger partial charge in [-0.3, -0.25) is 4.90 Å². The van der Waals surface area contributed by atoms with Crippen molar-refractivity contribution in [2.75, 3.05) is 18.4 Å². The summed E-state index contributed by atoms with van der Waals surface area (Å²) in [5.41, 5.74) is 10.8. The number of likely N-dealkylation sites (tertiary alicyclic amines) is 1. The van der Waals surface area contributed by atoms with Gasteiger partial charge in [0, 0.05) is 53.7 Å². The fourth-order valence-corrected chi connectivity index (χ4v) is 5.84. The molecule has 1 aliphatic heterocycles. The average molecular weight is 489 g/mol. The van der Waals surface area contributed by atoms with Crippen LogP contribution in [0.2, 0.25) is 0 Å². The van der Waals surface area contributed by atoms with Crippen molar-refractivity contribution >= 4 is 38.3 Å². The summed E-state index contributed by atoms with van der Waals surface area (Å²) in [6, 6.07) is 8.23. The second kappa shape index (κ2) is 9.16. The summed E-state index contributed by atoms with van der Waals surface area (Å²) in [6.07, 6.45) is -1.91. The number of halogens is 3. The van der Waals surface area contributed by atoms with Crippen molar-refractivity contribution in [3.05, 3.63) is 52.3 Å². The number of aromatic nitrogens is 3. The molecule has 4 N–H and O–H groups in total. The number of hydrogen-bond donors (Lipinski definition) is 3. The molecule has 1 aromatic carbocycles. The Labute approximate surface area is 199 Å². The Kier molecular flexibility index (Phi) is 6.22. The maximum Gasteiger partial charge on any atom is 0.393 e. The number of alkyl halides is 3. The van der Waals surface area contributed by atoms with E-state index in [-0.39, 0.29) is 10.9 Å². The summed E-state index contributed by atoms with van der Waals surface area (Å²) >= 11 is 1.08. The molecule has 0 saturated carbocycles. The van der Waals surface area contributed by atoms with Crippen LogP contribution in [0.4, 0.5) is 19.0 Å². The van der Waals surface area contributed by atoms with Crippen LogP contribution >= 0.6 is 11.3 Å². The van der Waals surface area contributed by atoms with Crippen LogP contribution in [0, 0.1) is 6.92 Å². The van der Waals surface area contributed by atoms with E-state index in [1.54, 1.807) is 6.07 Å². The van der Waals surface area contributed by atoms with Gasteiger partial charge >= 0.3 is 6.18 Å². The predicted octanol–water partition coefficient (Wildman–Crippen LogP) is 5.12. The molecule has 4 heterocycles. The lowest BCUT2D eigenvalue weighted by atomic mass is 10.00. The van der Waals surface area contributed by atoms with Crippen LogP contribution in [0.5, 0.6) is 0 Å². The number of benzene rings is 1. The van der Waals surface area contributed by atoms with Crippen LogP contribution in [0.25, 0.3) is 21.1 Å². The van der Waals surface area contributed by atoms with Gasteiger partial charge in [-0.05, 0) is 49.1 Å². The number of nitrogens with two attached hydrogens (primary N) is 1. The maximum atomic E-state index is 12.8. The highest BCUT2D eigenvalue weighted by Gasteiger charge is 2.29. The zero-order valence-electron chi connectivity index (χ0n) is 18.9. The lowest BCUT2D eigenvalue weighted by Gasteiger charge is -2.33. The number of thiophene rings is 1. The molecule has 4 aromatic rings. The Balaban J connectivity index is 1.24. The number of piperidine rings is 1. The zero-order chi connectivity index (χ0) is 23.9. The zero-order valence-corrected chi connectivity index (χ0v) is 19.7. The topological polar surface area (TPSA) is 82.9 Å². The van der Waals surface area contributed by atoms with Gasteiger partial charge in [-0.2, -0.15) is 13.2 Å². The summed E-state index contributed by atoms with van der Waals surface area (Å²) in [5.74, 6) is 0.617. The molecule has 6 nitrogen and oxygen atoms in total. The molecule has 0 aliphatic carbocycles. The van der Waals surface area contributed by atoms with Gasteiger partial charge in [-0.1, -0.05) is 6.07 Å². The fourth-order valence-electron chi connectivity index (χ4n) is 4.81. The first-order valence-corrected chi connectivity index (χ1v) is 12.2. The first-order chi connectivity index (χ1) is 16.3. The second-order valence-corrected chi connectivity index (χ2v) is 10.1. The summed E-state index contributed by atoms with van der Waals surface area (Å²) in [4.78, 5) is 15.1. The van der Waals surface area contributed by atoms with Crippen LogP contribution in [0.3, 0.4) is 0 Å². The van der Waals surface area contributed by atoms with E-state index in [1.807, 2.05) is 0 Å². The van der Waals surface area contributed by atoms with E-state index >= 15 is 0 Å². The number of aryl methyl sites for hydroxylation is 1. The van der Waals surface area contributed by atoms with Gasteiger partial charge in [0.05, 0.1) is 11.8 Å². The van der Waals surface area contributed by atoms with Gasteiger partial charge in [0.1, 0.15) is 17.0 Å². The van der Waals surface area contributed by atoms with Crippen LogP contribution < -0.4 is 11.1 Å². The Hall–Kier alpha value is -2.69. The first-order valence-electron chi connectivity index (χ1n) is 11.4. The van der Waals surface area contributed by atoms with Gasteiger partial charge < -0.3 is 16.0 Å². The molecular formula is C24H27F3N6S. The maximum absolute atomic E-state index is 12.8. The number of H-pyrrole nitrogens is 1. The highest BCUT2D eigenvalue weighted by Crippen LogP contribution is 2.33. The Morgan fingerprint density at radius 1 is 1.18 bits per heavy atom. The molecule has 0 radical (unpaired) electrons. The van der Waals surface area contributed by atoms with Crippen molar-refractivity contribution in [2.45, 2.75) is 51.5 Å². The van der Waals surface area contributed by atoms with Crippen molar-refractivity contribution in [1.29, 1.82) is 0 Å². The molecule has 0 atom stereocenters. The lowest BCUT2D eigenvalue weighted by Crippen LogP contribution is -2.39. The molecule has 0 amide bonds. The molecule has 3 aromatic heterocycles. The van der Waals surface area contributed by atoms with Gasteiger partial charge in [-0.25, -0.2) is 9.97 Å². The fraction of sp³-hybridized carbons (Fsp3) is 0.417.